The van der Waals surface area contributed by atoms with Gasteiger partial charge in [0.2, 0.25) is 0 Å². The second-order valence-corrected chi connectivity index (χ2v) is 12.5. The van der Waals surface area contributed by atoms with Crippen LogP contribution < -0.4 is 10.6 Å². The van der Waals surface area contributed by atoms with Crippen molar-refractivity contribution in [2.45, 2.75) is 44.3 Å². The first-order valence-corrected chi connectivity index (χ1v) is 13.6. The van der Waals surface area contributed by atoms with Crippen LogP contribution in [-0.2, 0) is 15.5 Å². The number of hydrogen-bond donors (Lipinski definition) is 1. The second-order valence-electron chi connectivity index (χ2n) is 9.20. The first-order valence-electron chi connectivity index (χ1n) is 10.5. The van der Waals surface area contributed by atoms with E-state index in [2.05, 4.69) is 0 Å². The summed E-state index contributed by atoms with van der Waals surface area (Å²) in [7, 11) is -3.81. The Morgan fingerprint density at radius 3 is 1.92 bits per heavy atom. The average Bonchev–Trinajstić information content (AvgIpc) is 2.70. The molecule has 0 saturated heterocycles. The van der Waals surface area contributed by atoms with E-state index in [-0.39, 0.29) is 32.5 Å². The van der Waals surface area contributed by atoms with E-state index in [9.17, 15) is 48.7 Å². The van der Waals surface area contributed by atoms with Crippen molar-refractivity contribution in [1.29, 1.82) is 0 Å². The topological polar surface area (TPSA) is 97.5 Å². The van der Waals surface area contributed by atoms with Crippen LogP contribution in [0.4, 0.5) is 36.4 Å². The van der Waals surface area contributed by atoms with Crippen molar-refractivity contribution in [1.82, 2.24) is 0 Å². The molecule has 0 aliphatic carbocycles. The van der Waals surface area contributed by atoms with Gasteiger partial charge in [0.25, 0.3) is 11.8 Å². The summed E-state index contributed by atoms with van der Waals surface area (Å²) in [5, 5.41) is 0. The Labute approximate surface area is 227 Å². The van der Waals surface area contributed by atoms with Gasteiger partial charge in [0.1, 0.15) is 9.84 Å². The Balaban J connectivity index is 2.88. The lowest BCUT2D eigenvalue weighted by atomic mass is 9.91. The molecule has 0 radical (unpaired) electrons. The van der Waals surface area contributed by atoms with Crippen LogP contribution in [0.25, 0.3) is 0 Å². The van der Waals surface area contributed by atoms with Gasteiger partial charge in [-0.15, -0.1) is 0 Å². The molecule has 2 rings (SSSR count). The molecular formula is C23H22F7IN2O4S. The molecule has 0 atom stereocenters. The highest BCUT2D eigenvalue weighted by Gasteiger charge is 2.73. The van der Waals surface area contributed by atoms with Crippen molar-refractivity contribution in [3.8, 4) is 0 Å². The highest BCUT2D eigenvalue weighted by molar-refractivity contribution is 14.1. The molecule has 0 unspecified atom stereocenters. The Morgan fingerprint density at radius 1 is 0.974 bits per heavy atom. The molecule has 6 nitrogen and oxygen atoms in total. The molecule has 0 spiro atoms. The van der Waals surface area contributed by atoms with Gasteiger partial charge in [-0.2, -0.15) is 26.3 Å². The number of amides is 2. The molecule has 15 heteroatoms. The maximum absolute atomic E-state index is 14.7. The fourth-order valence-corrected chi connectivity index (χ4v) is 6.27. The number of alkyl halides is 7. The van der Waals surface area contributed by atoms with Crippen molar-refractivity contribution in [2.24, 2.45) is 5.73 Å². The number of hydrogen-bond acceptors (Lipinski definition) is 4. The lowest BCUT2D eigenvalue weighted by Crippen LogP contribution is -2.53. The van der Waals surface area contributed by atoms with Gasteiger partial charge in [-0.1, -0.05) is 18.2 Å². The summed E-state index contributed by atoms with van der Waals surface area (Å²) in [4.78, 5) is 26.7. The minimum Gasteiger partial charge on any atom is -0.366 e. The van der Waals surface area contributed by atoms with Crippen LogP contribution in [0.5, 0.6) is 0 Å². The molecule has 210 valence electrons. The van der Waals surface area contributed by atoms with Crippen LogP contribution in [0.15, 0.2) is 36.4 Å². The third-order valence-corrected chi connectivity index (χ3v) is 7.66. The van der Waals surface area contributed by atoms with E-state index in [0.29, 0.717) is 6.07 Å². The molecule has 0 heterocycles. The quantitative estimate of drug-likeness (QED) is 0.310. The molecule has 2 N–H and O–H groups in total. The Bertz CT molecular complexity index is 1360. The number of benzene rings is 2. The van der Waals surface area contributed by atoms with E-state index in [1.165, 1.54) is 32.0 Å². The van der Waals surface area contributed by atoms with Crippen molar-refractivity contribution in [3.05, 3.63) is 62.2 Å². The maximum Gasteiger partial charge on any atom is 0.435 e. The number of aryl methyl sites for hydroxylation is 1. The molecule has 0 saturated carbocycles. The van der Waals surface area contributed by atoms with Gasteiger partial charge in [0, 0.05) is 21.1 Å². The zero-order chi connectivity index (χ0) is 29.6. The molecule has 2 amide bonds. The normalized spacial score (nSPS) is 13.4. The van der Waals surface area contributed by atoms with Crippen molar-refractivity contribution >= 4 is 49.9 Å². The number of anilines is 1. The number of rotatable bonds is 7. The van der Waals surface area contributed by atoms with Gasteiger partial charge < -0.3 is 10.6 Å². The number of sulfone groups is 1. The van der Waals surface area contributed by atoms with Gasteiger partial charge in [-0.25, -0.2) is 12.8 Å². The van der Waals surface area contributed by atoms with Gasteiger partial charge >= 0.3 is 18.0 Å². The van der Waals surface area contributed by atoms with Crippen LogP contribution in [0.3, 0.4) is 0 Å². The fraction of sp³-hybridized carbons (Fsp3) is 0.391. The lowest BCUT2D eigenvalue weighted by Gasteiger charge is -2.40. The van der Waals surface area contributed by atoms with Gasteiger partial charge in [0.15, 0.2) is 0 Å². The monoisotopic (exact) mass is 682 g/mol. The second kappa shape index (κ2) is 10.3. The first-order chi connectivity index (χ1) is 17.0. The molecule has 0 bridgehead atoms. The molecule has 2 aromatic carbocycles. The molecule has 0 aromatic heterocycles. The molecule has 2 aromatic rings. The van der Waals surface area contributed by atoms with Crippen LogP contribution in [0.2, 0.25) is 0 Å². The SMILES string of the molecule is Cc1cc(C(F)(C(F)(F)F)C(F)(F)F)ccc1N(C(=O)c1cccc(I)c1C(N)=O)C(C)(C)CS(C)(=O)=O. The number of carbonyl (C=O) groups is 2. The molecule has 0 aliphatic heterocycles. The highest BCUT2D eigenvalue weighted by atomic mass is 127. The van der Waals surface area contributed by atoms with Crippen molar-refractivity contribution < 1.29 is 48.7 Å². The summed E-state index contributed by atoms with van der Waals surface area (Å²) in [6, 6.07) is 5.23. The zero-order valence-corrected chi connectivity index (χ0v) is 23.2. The Kier molecular flexibility index (Phi) is 8.60. The highest BCUT2D eigenvalue weighted by Crippen LogP contribution is 2.53. The molecule has 0 aliphatic rings. The summed E-state index contributed by atoms with van der Waals surface area (Å²) < 4.78 is 119. The minimum atomic E-state index is -6.36. The fourth-order valence-electron chi connectivity index (χ4n) is 4.10. The lowest BCUT2D eigenvalue weighted by molar-refractivity contribution is -0.348. The molecular weight excluding hydrogens is 660 g/mol. The first kappa shape index (κ1) is 31.8. The van der Waals surface area contributed by atoms with Gasteiger partial charge in [-0.05, 0) is 67.1 Å². The smallest absolute Gasteiger partial charge is 0.366 e. The number of nitrogens with zero attached hydrogens (tertiary/aromatic N) is 1. The summed E-state index contributed by atoms with van der Waals surface area (Å²) in [5.74, 6) is -2.72. The molecule has 38 heavy (non-hydrogen) atoms. The van der Waals surface area contributed by atoms with Crippen LogP contribution >= 0.6 is 22.6 Å². The van der Waals surface area contributed by atoms with E-state index in [1.54, 1.807) is 22.6 Å². The van der Waals surface area contributed by atoms with E-state index < -0.39 is 62.1 Å². The summed E-state index contributed by atoms with van der Waals surface area (Å²) in [6.07, 6.45) is -11.9. The van der Waals surface area contributed by atoms with Crippen LogP contribution in [0, 0.1) is 10.5 Å². The predicted molar refractivity (Wildman–Crippen MR) is 134 cm³/mol. The maximum atomic E-state index is 14.7. The third-order valence-electron chi connectivity index (χ3n) is 5.53. The van der Waals surface area contributed by atoms with E-state index in [1.807, 2.05) is 0 Å². The number of carbonyl (C=O) groups excluding carboxylic acids is 2. The Hall–Kier alpha value is -2.43. The van der Waals surface area contributed by atoms with Gasteiger partial charge in [-0.3, -0.25) is 9.59 Å². The zero-order valence-electron chi connectivity index (χ0n) is 20.3. The van der Waals surface area contributed by atoms with Crippen molar-refractivity contribution in [2.75, 3.05) is 16.9 Å². The largest absolute Gasteiger partial charge is 0.435 e. The molecule has 0 fully saturated rings. The number of nitrogens with two attached hydrogens (primary N) is 1. The van der Waals surface area contributed by atoms with E-state index in [0.717, 1.165) is 18.1 Å². The van der Waals surface area contributed by atoms with Crippen LogP contribution in [-0.4, -0.2) is 50.1 Å². The third kappa shape index (κ3) is 6.07. The van der Waals surface area contributed by atoms with E-state index >= 15 is 0 Å². The van der Waals surface area contributed by atoms with Crippen LogP contribution in [0.1, 0.15) is 45.7 Å². The summed E-state index contributed by atoms with van der Waals surface area (Å²) >= 11 is 1.73. The van der Waals surface area contributed by atoms with Gasteiger partial charge in [0.05, 0.1) is 22.4 Å². The van der Waals surface area contributed by atoms with Crippen molar-refractivity contribution in [3.63, 3.8) is 0 Å². The average molecular weight is 682 g/mol. The predicted octanol–water partition coefficient (Wildman–Crippen LogP) is 5.46. The number of primary amides is 1. The van der Waals surface area contributed by atoms with E-state index in [4.69, 9.17) is 5.73 Å². The summed E-state index contributed by atoms with van der Waals surface area (Å²) in [6.45, 7) is 3.62. The summed E-state index contributed by atoms with van der Waals surface area (Å²) in [5.41, 5.74) is -4.97. The Morgan fingerprint density at radius 2 is 1.50 bits per heavy atom. The minimum absolute atomic E-state index is 0.226. The standard InChI is InChI=1S/C23H22F7IN2O4S/c1-12-10-13(21(24,22(25,26)27)23(28,29)30)8-9-16(12)33(20(2,3)11-38(4,36)37)19(35)14-6-5-7-15(31)17(14)18(32)34/h5-10H,11H2,1-4H3,(H2,32,34). The number of halogens is 8.